The van der Waals surface area contributed by atoms with Gasteiger partial charge < -0.3 is 0 Å². The molecule has 0 saturated carbocycles. The molecule has 0 fully saturated rings. The SMILES string of the molecule is CC(C)CCCCCCCCCCCCCCC[N+]1(Cc2ccccc2)C=NCC1. The second-order valence-corrected chi connectivity index (χ2v) is 10.1. The maximum absolute atomic E-state index is 4.57. The van der Waals surface area contributed by atoms with E-state index in [9.17, 15) is 0 Å². The molecule has 2 heteroatoms. The minimum Gasteiger partial charge on any atom is -0.276 e. The van der Waals surface area contributed by atoms with Gasteiger partial charge in [-0.25, -0.2) is 4.99 Å². The van der Waals surface area contributed by atoms with Crippen LogP contribution in [-0.4, -0.2) is 30.5 Å². The van der Waals surface area contributed by atoms with Crippen LogP contribution >= 0.6 is 0 Å². The molecule has 2 rings (SSSR count). The standard InChI is InChI=1S/C28H49N2/c1-27(2)19-15-12-10-8-6-4-3-5-7-9-11-13-18-23-30(24-22-29-26-30)25-28-20-16-14-17-21-28/h14,16-17,20-21,26-27H,3-13,15,18-19,22-25H2,1-2H3/q+1. The first-order chi connectivity index (χ1) is 14.7. The number of quaternary nitrogens is 1. The predicted octanol–water partition coefficient (Wildman–Crippen LogP) is 8.16. The predicted molar refractivity (Wildman–Crippen MR) is 133 cm³/mol. The average Bonchev–Trinajstić information content (AvgIpc) is 3.20. The van der Waals surface area contributed by atoms with Gasteiger partial charge >= 0.3 is 0 Å². The second kappa shape index (κ2) is 15.6. The van der Waals surface area contributed by atoms with Crippen molar-refractivity contribution in [2.75, 3.05) is 19.6 Å². The van der Waals surface area contributed by atoms with Crippen molar-refractivity contribution in [3.63, 3.8) is 0 Å². The van der Waals surface area contributed by atoms with Gasteiger partial charge in [0.2, 0.25) is 0 Å². The molecular formula is C28H49N2+. The Hall–Kier alpha value is -1.15. The summed E-state index contributed by atoms with van der Waals surface area (Å²) in [7, 11) is 0. The highest BCUT2D eigenvalue weighted by atomic mass is 15.4. The Morgan fingerprint density at radius 3 is 1.77 bits per heavy atom. The molecule has 30 heavy (non-hydrogen) atoms. The lowest BCUT2D eigenvalue weighted by atomic mass is 10.0. The van der Waals surface area contributed by atoms with E-state index in [0.717, 1.165) is 23.5 Å². The van der Waals surface area contributed by atoms with Gasteiger partial charge in [-0.1, -0.05) is 121 Å². The van der Waals surface area contributed by atoms with E-state index in [2.05, 4.69) is 55.5 Å². The Kier molecular flexibility index (Phi) is 13.1. The Morgan fingerprint density at radius 2 is 1.27 bits per heavy atom. The summed E-state index contributed by atoms with van der Waals surface area (Å²) in [5.41, 5.74) is 1.45. The molecular weight excluding hydrogens is 364 g/mol. The molecule has 1 aliphatic heterocycles. The summed E-state index contributed by atoms with van der Waals surface area (Å²) < 4.78 is 1.07. The zero-order valence-electron chi connectivity index (χ0n) is 20.2. The van der Waals surface area contributed by atoms with Gasteiger partial charge in [0, 0.05) is 5.56 Å². The smallest absolute Gasteiger partial charge is 0.185 e. The number of hydrogen-bond donors (Lipinski definition) is 0. The zero-order valence-corrected chi connectivity index (χ0v) is 20.2. The van der Waals surface area contributed by atoms with E-state index in [0.29, 0.717) is 0 Å². The third kappa shape index (κ3) is 11.3. The number of aliphatic imine (C=N–C) groups is 1. The lowest BCUT2D eigenvalue weighted by Gasteiger charge is -2.30. The van der Waals surface area contributed by atoms with Gasteiger partial charge in [0.25, 0.3) is 0 Å². The lowest BCUT2D eigenvalue weighted by Crippen LogP contribution is -2.45. The molecule has 0 aliphatic carbocycles. The quantitative estimate of drug-likeness (QED) is 0.170. The topological polar surface area (TPSA) is 12.4 Å². The third-order valence-corrected chi connectivity index (χ3v) is 6.73. The van der Waals surface area contributed by atoms with Crippen LogP contribution in [0.5, 0.6) is 0 Å². The first-order valence-electron chi connectivity index (χ1n) is 13.1. The minimum atomic E-state index is 0.885. The molecule has 1 aromatic rings. The summed E-state index contributed by atoms with van der Waals surface area (Å²) in [6.07, 6.45) is 22.3. The normalized spacial score (nSPS) is 18.5. The summed E-state index contributed by atoms with van der Waals surface area (Å²) in [5.74, 6) is 0.885. The van der Waals surface area contributed by atoms with E-state index >= 15 is 0 Å². The van der Waals surface area contributed by atoms with Crippen molar-refractivity contribution >= 4 is 6.34 Å². The highest BCUT2D eigenvalue weighted by Crippen LogP contribution is 2.19. The Balaban J connectivity index is 1.40. The van der Waals surface area contributed by atoms with Crippen molar-refractivity contribution in [3.8, 4) is 0 Å². The first-order valence-corrected chi connectivity index (χ1v) is 13.1. The molecule has 1 unspecified atom stereocenters. The summed E-state index contributed by atoms with van der Waals surface area (Å²) in [4.78, 5) is 4.57. The fourth-order valence-electron chi connectivity index (χ4n) is 4.78. The van der Waals surface area contributed by atoms with E-state index in [1.165, 1.54) is 109 Å². The van der Waals surface area contributed by atoms with Gasteiger partial charge in [-0.15, -0.1) is 0 Å². The fraction of sp³-hybridized carbons (Fsp3) is 0.750. The Labute approximate surface area is 187 Å². The van der Waals surface area contributed by atoms with Gasteiger partial charge in [-0.3, -0.25) is 4.48 Å². The highest BCUT2D eigenvalue weighted by Gasteiger charge is 2.28. The molecule has 0 N–H and O–H groups in total. The van der Waals surface area contributed by atoms with Crippen LogP contribution < -0.4 is 0 Å². The Bertz CT molecular complexity index is 551. The van der Waals surface area contributed by atoms with Crippen molar-refractivity contribution in [1.82, 2.24) is 0 Å². The molecule has 0 radical (unpaired) electrons. The van der Waals surface area contributed by atoms with Gasteiger partial charge in [0.1, 0.15) is 13.1 Å². The van der Waals surface area contributed by atoms with Crippen molar-refractivity contribution in [2.24, 2.45) is 10.9 Å². The van der Waals surface area contributed by atoms with Crippen molar-refractivity contribution in [3.05, 3.63) is 35.9 Å². The Morgan fingerprint density at radius 1 is 0.733 bits per heavy atom. The zero-order chi connectivity index (χ0) is 21.3. The first kappa shape index (κ1) is 25.1. The van der Waals surface area contributed by atoms with Crippen molar-refractivity contribution in [2.45, 2.75) is 110 Å². The van der Waals surface area contributed by atoms with Crippen LogP contribution in [0.15, 0.2) is 35.3 Å². The van der Waals surface area contributed by atoms with E-state index in [-0.39, 0.29) is 0 Å². The van der Waals surface area contributed by atoms with E-state index in [1.807, 2.05) is 0 Å². The van der Waals surface area contributed by atoms with Crippen LogP contribution in [0.2, 0.25) is 0 Å². The monoisotopic (exact) mass is 413 g/mol. The van der Waals surface area contributed by atoms with Crippen LogP contribution in [0, 0.1) is 5.92 Å². The molecule has 1 aromatic carbocycles. The van der Waals surface area contributed by atoms with Crippen molar-refractivity contribution in [1.29, 1.82) is 0 Å². The van der Waals surface area contributed by atoms with E-state index < -0.39 is 0 Å². The van der Waals surface area contributed by atoms with Crippen molar-refractivity contribution < 1.29 is 4.48 Å². The molecule has 1 heterocycles. The molecule has 1 atom stereocenters. The third-order valence-electron chi connectivity index (χ3n) is 6.73. The summed E-state index contributed by atoms with van der Waals surface area (Å²) in [6.45, 7) is 9.24. The largest absolute Gasteiger partial charge is 0.276 e. The van der Waals surface area contributed by atoms with Crippen LogP contribution in [0.3, 0.4) is 0 Å². The molecule has 0 aromatic heterocycles. The molecule has 0 bridgehead atoms. The van der Waals surface area contributed by atoms with Gasteiger partial charge in [-0.05, 0) is 18.8 Å². The van der Waals surface area contributed by atoms with Crippen LogP contribution in [0.4, 0.5) is 0 Å². The van der Waals surface area contributed by atoms with E-state index in [1.54, 1.807) is 0 Å². The molecule has 0 saturated heterocycles. The highest BCUT2D eigenvalue weighted by molar-refractivity contribution is 5.48. The molecule has 170 valence electrons. The van der Waals surface area contributed by atoms with E-state index in [4.69, 9.17) is 0 Å². The van der Waals surface area contributed by atoms with Crippen LogP contribution in [0.1, 0.15) is 109 Å². The molecule has 0 spiro atoms. The number of rotatable bonds is 18. The maximum Gasteiger partial charge on any atom is 0.185 e. The van der Waals surface area contributed by atoms with Gasteiger partial charge in [0.05, 0.1) is 13.1 Å². The van der Waals surface area contributed by atoms with Gasteiger partial charge in [-0.2, -0.15) is 0 Å². The lowest BCUT2D eigenvalue weighted by molar-refractivity contribution is -0.842. The number of benzene rings is 1. The maximum atomic E-state index is 4.57. The second-order valence-electron chi connectivity index (χ2n) is 10.1. The number of nitrogens with zero attached hydrogens (tertiary/aromatic N) is 2. The molecule has 1 aliphatic rings. The van der Waals surface area contributed by atoms with Crippen LogP contribution in [0.25, 0.3) is 0 Å². The van der Waals surface area contributed by atoms with Gasteiger partial charge in [0.15, 0.2) is 6.34 Å². The number of hydrogen-bond acceptors (Lipinski definition) is 1. The van der Waals surface area contributed by atoms with Crippen LogP contribution in [-0.2, 0) is 6.54 Å². The molecule has 0 amide bonds. The minimum absolute atomic E-state index is 0.885. The fourth-order valence-corrected chi connectivity index (χ4v) is 4.78. The summed E-state index contributed by atoms with van der Waals surface area (Å²) in [6, 6.07) is 11.0. The summed E-state index contributed by atoms with van der Waals surface area (Å²) >= 11 is 0. The average molecular weight is 414 g/mol. The summed E-state index contributed by atoms with van der Waals surface area (Å²) in [5, 5.41) is 0. The molecule has 2 nitrogen and oxygen atoms in total. The number of unbranched alkanes of at least 4 members (excludes halogenated alkanes) is 12.